The number of amides is 2. The summed E-state index contributed by atoms with van der Waals surface area (Å²) in [6.45, 7) is 3.95. The topological polar surface area (TPSA) is 53.5 Å². The predicted molar refractivity (Wildman–Crippen MR) is 103 cm³/mol. The third-order valence-electron chi connectivity index (χ3n) is 4.83. The Morgan fingerprint density at radius 3 is 2.55 bits per heavy atom. The van der Waals surface area contributed by atoms with Gasteiger partial charge in [0.05, 0.1) is 24.5 Å². The highest BCUT2D eigenvalue weighted by Gasteiger charge is 2.41. The first-order chi connectivity index (χ1) is 13.6. The van der Waals surface area contributed by atoms with Crippen LogP contribution in [0.3, 0.4) is 0 Å². The molecule has 1 aliphatic rings. The summed E-state index contributed by atoms with van der Waals surface area (Å²) in [6.07, 6.45) is -3.52. The van der Waals surface area contributed by atoms with Crippen LogP contribution in [-0.2, 0) is 6.18 Å². The molecular formula is C20H19ClF3N3O2. The number of urea groups is 1. The first-order valence-electron chi connectivity index (χ1n) is 8.98. The van der Waals surface area contributed by atoms with Crippen LogP contribution in [0.4, 0.5) is 23.7 Å². The normalized spacial score (nSPS) is 17.3. The number of hydrogen-bond donors (Lipinski definition) is 0. The van der Waals surface area contributed by atoms with Crippen molar-refractivity contribution in [2.24, 2.45) is 5.92 Å². The summed E-state index contributed by atoms with van der Waals surface area (Å²) in [5.41, 5.74) is -0.380. The van der Waals surface area contributed by atoms with Crippen LogP contribution in [0.1, 0.15) is 29.9 Å². The molecule has 2 aromatic rings. The number of Topliss-reactive ketones (excluding diaryl/α,β-unsaturated/α-hetero) is 1. The van der Waals surface area contributed by atoms with Crippen molar-refractivity contribution < 1.29 is 22.8 Å². The van der Waals surface area contributed by atoms with E-state index in [2.05, 4.69) is 4.98 Å². The van der Waals surface area contributed by atoms with Gasteiger partial charge >= 0.3 is 12.2 Å². The molecule has 0 N–H and O–H groups in total. The average molecular weight is 426 g/mol. The van der Waals surface area contributed by atoms with Crippen molar-refractivity contribution in [2.45, 2.75) is 26.1 Å². The molecule has 1 aromatic carbocycles. The first-order valence-corrected chi connectivity index (χ1v) is 9.36. The zero-order valence-electron chi connectivity index (χ0n) is 15.8. The Kier molecular flexibility index (Phi) is 5.84. The van der Waals surface area contributed by atoms with Crippen molar-refractivity contribution in [1.29, 1.82) is 0 Å². The standard InChI is InChI=1S/C20H19ClF3N3O2/c1-12(2)16-10-26(15-6-7-18(25-9-15)20(22,23)24)19(29)27(16)11-17(28)13-4-3-5-14(21)8-13/h3-9,12,16H,10-11H2,1-2H3/t16-/m1/s1. The lowest BCUT2D eigenvalue weighted by molar-refractivity contribution is -0.141. The van der Waals surface area contributed by atoms with Gasteiger partial charge in [0.15, 0.2) is 5.78 Å². The molecule has 2 amide bonds. The predicted octanol–water partition coefficient (Wildman–Crippen LogP) is 4.90. The van der Waals surface area contributed by atoms with Crippen molar-refractivity contribution in [3.8, 4) is 0 Å². The van der Waals surface area contributed by atoms with E-state index in [4.69, 9.17) is 11.6 Å². The van der Waals surface area contributed by atoms with E-state index in [0.717, 1.165) is 12.3 Å². The second-order valence-electron chi connectivity index (χ2n) is 7.17. The summed E-state index contributed by atoms with van der Waals surface area (Å²) < 4.78 is 38.2. The van der Waals surface area contributed by atoms with Crippen LogP contribution in [0, 0.1) is 5.92 Å². The van der Waals surface area contributed by atoms with Crippen LogP contribution in [0.2, 0.25) is 5.02 Å². The third-order valence-corrected chi connectivity index (χ3v) is 5.06. The van der Waals surface area contributed by atoms with Crippen molar-refractivity contribution in [2.75, 3.05) is 18.0 Å². The molecular weight excluding hydrogens is 407 g/mol. The Morgan fingerprint density at radius 1 is 1.28 bits per heavy atom. The molecule has 1 aromatic heterocycles. The zero-order chi connectivity index (χ0) is 21.3. The summed E-state index contributed by atoms with van der Waals surface area (Å²) >= 11 is 5.93. The Balaban J connectivity index is 1.83. The van der Waals surface area contributed by atoms with Gasteiger partial charge in [-0.2, -0.15) is 13.2 Å². The number of hydrogen-bond acceptors (Lipinski definition) is 3. The number of anilines is 1. The molecule has 29 heavy (non-hydrogen) atoms. The zero-order valence-corrected chi connectivity index (χ0v) is 16.5. The number of carbonyl (C=O) groups is 2. The average Bonchev–Trinajstić information content (AvgIpc) is 2.98. The molecule has 154 valence electrons. The monoisotopic (exact) mass is 425 g/mol. The minimum Gasteiger partial charge on any atom is -0.312 e. The molecule has 0 spiro atoms. The largest absolute Gasteiger partial charge is 0.433 e. The lowest BCUT2D eigenvalue weighted by Crippen LogP contribution is -2.41. The molecule has 3 rings (SSSR count). The van der Waals surface area contributed by atoms with Gasteiger partial charge in [0.1, 0.15) is 5.69 Å². The number of halogens is 4. The number of carbonyl (C=O) groups excluding carboxylic acids is 2. The van der Waals surface area contributed by atoms with Gasteiger partial charge in [0.25, 0.3) is 0 Å². The van der Waals surface area contributed by atoms with E-state index in [1.54, 1.807) is 18.2 Å². The van der Waals surface area contributed by atoms with Crippen molar-refractivity contribution in [3.05, 3.63) is 58.9 Å². The SMILES string of the molecule is CC(C)[C@H]1CN(c2ccc(C(F)(F)F)nc2)C(=O)N1CC(=O)c1cccc(Cl)c1. The number of benzene rings is 1. The molecule has 0 saturated carbocycles. The molecule has 1 atom stereocenters. The van der Waals surface area contributed by atoms with Gasteiger partial charge in [-0.25, -0.2) is 9.78 Å². The van der Waals surface area contributed by atoms with Crippen molar-refractivity contribution in [1.82, 2.24) is 9.88 Å². The summed E-state index contributed by atoms with van der Waals surface area (Å²) in [5, 5.41) is 0.418. The first kappa shape index (κ1) is 21.1. The van der Waals surface area contributed by atoms with Crippen molar-refractivity contribution in [3.63, 3.8) is 0 Å². The molecule has 1 aliphatic heterocycles. The summed E-state index contributed by atoms with van der Waals surface area (Å²) in [6, 6.07) is 7.80. The molecule has 0 unspecified atom stereocenters. The molecule has 9 heteroatoms. The fourth-order valence-electron chi connectivity index (χ4n) is 3.25. The highest BCUT2D eigenvalue weighted by Crippen LogP contribution is 2.31. The van der Waals surface area contributed by atoms with Crippen LogP contribution in [0.25, 0.3) is 0 Å². The highest BCUT2D eigenvalue weighted by molar-refractivity contribution is 6.31. The van der Waals surface area contributed by atoms with Crippen LogP contribution < -0.4 is 4.90 Å². The Morgan fingerprint density at radius 2 is 2.00 bits per heavy atom. The van der Waals surface area contributed by atoms with Crippen LogP contribution in [-0.4, -0.2) is 40.8 Å². The number of alkyl halides is 3. The van der Waals surface area contributed by atoms with Crippen LogP contribution in [0.15, 0.2) is 42.6 Å². The van der Waals surface area contributed by atoms with Gasteiger partial charge in [0.2, 0.25) is 0 Å². The van der Waals surface area contributed by atoms with E-state index in [1.807, 2.05) is 13.8 Å². The minimum atomic E-state index is -4.55. The van der Waals surface area contributed by atoms with E-state index in [9.17, 15) is 22.8 Å². The maximum atomic E-state index is 13.0. The maximum absolute atomic E-state index is 13.0. The Labute approximate surface area is 171 Å². The van der Waals surface area contributed by atoms with Gasteiger partial charge in [-0.15, -0.1) is 0 Å². The summed E-state index contributed by atoms with van der Waals surface area (Å²) in [4.78, 5) is 31.8. The molecule has 2 heterocycles. The van der Waals surface area contributed by atoms with Crippen molar-refractivity contribution >= 4 is 29.1 Å². The molecule has 0 aliphatic carbocycles. The Hall–Kier alpha value is -2.61. The number of nitrogens with zero attached hydrogens (tertiary/aromatic N) is 3. The van der Waals surface area contributed by atoms with Crippen LogP contribution in [0.5, 0.6) is 0 Å². The van der Waals surface area contributed by atoms with Gasteiger partial charge in [0, 0.05) is 17.1 Å². The maximum Gasteiger partial charge on any atom is 0.433 e. The van der Waals surface area contributed by atoms with Gasteiger partial charge < -0.3 is 4.90 Å². The van der Waals surface area contributed by atoms with E-state index < -0.39 is 17.9 Å². The number of pyridine rings is 1. The third kappa shape index (κ3) is 4.53. The lowest BCUT2D eigenvalue weighted by atomic mass is 10.0. The Bertz CT molecular complexity index is 916. The number of rotatable bonds is 5. The summed E-state index contributed by atoms with van der Waals surface area (Å²) in [7, 11) is 0. The number of aromatic nitrogens is 1. The van der Waals surface area contributed by atoms with E-state index in [0.29, 0.717) is 10.6 Å². The van der Waals surface area contributed by atoms with Gasteiger partial charge in [-0.05, 0) is 30.2 Å². The fourth-order valence-corrected chi connectivity index (χ4v) is 3.44. The molecule has 1 fully saturated rings. The molecule has 0 bridgehead atoms. The fraction of sp³-hybridized carbons (Fsp3) is 0.350. The molecule has 0 radical (unpaired) electrons. The second kappa shape index (κ2) is 8.02. The second-order valence-corrected chi connectivity index (χ2v) is 7.60. The minimum absolute atomic E-state index is 0.0403. The summed E-state index contributed by atoms with van der Waals surface area (Å²) in [5.74, 6) is -0.225. The van der Waals surface area contributed by atoms with E-state index in [-0.39, 0.29) is 36.5 Å². The molecule has 5 nitrogen and oxygen atoms in total. The van der Waals surface area contributed by atoms with E-state index >= 15 is 0 Å². The quantitative estimate of drug-likeness (QED) is 0.640. The highest BCUT2D eigenvalue weighted by atomic mass is 35.5. The van der Waals surface area contributed by atoms with E-state index in [1.165, 1.54) is 21.9 Å². The number of ketones is 1. The lowest BCUT2D eigenvalue weighted by Gasteiger charge is -2.25. The molecule has 1 saturated heterocycles. The van der Waals surface area contributed by atoms with Gasteiger partial charge in [-0.1, -0.05) is 37.6 Å². The van der Waals surface area contributed by atoms with Gasteiger partial charge in [-0.3, -0.25) is 9.69 Å². The smallest absolute Gasteiger partial charge is 0.312 e. The van der Waals surface area contributed by atoms with Crippen LogP contribution >= 0.6 is 11.6 Å².